The molecule has 2 aliphatic heterocycles. The minimum Gasteiger partial charge on any atom is -0.143 e. The van der Waals surface area contributed by atoms with Gasteiger partial charge in [0, 0.05) is 20.5 Å². The van der Waals surface area contributed by atoms with Crippen molar-refractivity contribution in [3.8, 4) is 19.5 Å². The largest absolute Gasteiger partial charge is 0.143 e. The predicted molar refractivity (Wildman–Crippen MR) is 113 cm³/mol. The van der Waals surface area contributed by atoms with Gasteiger partial charge in [-0.2, -0.15) is 0 Å². The van der Waals surface area contributed by atoms with Crippen LogP contribution in [0.25, 0.3) is 28.9 Å². The van der Waals surface area contributed by atoms with Crippen LogP contribution in [-0.4, -0.2) is 0 Å². The summed E-state index contributed by atoms with van der Waals surface area (Å²) in [6.45, 7) is 0. The van der Waals surface area contributed by atoms with Gasteiger partial charge >= 0.3 is 0 Å². The van der Waals surface area contributed by atoms with Crippen LogP contribution in [0.1, 0.15) is 0 Å². The van der Waals surface area contributed by atoms with Gasteiger partial charge in [-0.1, -0.05) is 12.1 Å². The van der Waals surface area contributed by atoms with Gasteiger partial charge in [-0.05, 0) is 22.9 Å². The molecule has 3 aromatic rings. The molecule has 0 bridgehead atoms. The first-order valence-electron chi connectivity index (χ1n) is 6.73. The van der Waals surface area contributed by atoms with Gasteiger partial charge in [0.05, 0.1) is 19.2 Å². The molecule has 5 rings (SSSR count). The second-order valence-electron chi connectivity index (χ2n) is 4.66. The lowest BCUT2D eigenvalue weighted by Gasteiger charge is -1.96. The monoisotopic (exact) mass is 424 g/mol. The van der Waals surface area contributed by atoms with Gasteiger partial charge in [0.15, 0.2) is 0 Å². The summed E-state index contributed by atoms with van der Waals surface area (Å²) in [5, 5.41) is 8.73. The van der Waals surface area contributed by atoms with Crippen LogP contribution in [-0.2, 0) is 0 Å². The maximum absolute atomic E-state index is 2.24. The Labute approximate surface area is 160 Å². The van der Waals surface area contributed by atoms with Gasteiger partial charge in [0.1, 0.15) is 7.69 Å². The Morgan fingerprint density at radius 3 is 1.48 bits per heavy atom. The molecule has 0 spiro atoms. The highest BCUT2D eigenvalue weighted by atomic mass is 32.2. The quantitative estimate of drug-likeness (QED) is 0.266. The van der Waals surface area contributed by atoms with Gasteiger partial charge in [0.2, 0.25) is 0 Å². The highest BCUT2D eigenvalue weighted by Crippen LogP contribution is 2.50. The van der Waals surface area contributed by atoms with Crippen LogP contribution in [0.4, 0.5) is 0 Å². The first kappa shape index (κ1) is 14.8. The molecular weight excluding hydrogens is 417 g/mol. The summed E-state index contributed by atoms with van der Waals surface area (Å²) >= 11 is 13.2. The van der Waals surface area contributed by atoms with E-state index in [1.54, 1.807) is 0 Å². The van der Waals surface area contributed by atoms with Crippen LogP contribution in [0.3, 0.4) is 0 Å². The summed E-state index contributed by atoms with van der Waals surface area (Å²) in [6.07, 6.45) is 0. The zero-order chi connectivity index (χ0) is 15.2. The van der Waals surface area contributed by atoms with Crippen molar-refractivity contribution in [3.63, 3.8) is 0 Å². The Balaban J connectivity index is 1.94. The molecule has 23 heavy (non-hydrogen) atoms. The summed E-state index contributed by atoms with van der Waals surface area (Å²) in [5.41, 5.74) is 0. The first-order chi connectivity index (χ1) is 11.4. The van der Waals surface area contributed by atoms with Crippen molar-refractivity contribution in [2.24, 2.45) is 0 Å². The number of hydrogen-bond acceptors (Lipinski definition) is 7. The Hall–Kier alpha value is -0.540. The molecule has 0 atom stereocenters. The van der Waals surface area contributed by atoms with Crippen molar-refractivity contribution in [3.05, 3.63) is 53.5 Å². The molecule has 0 N–H and O–H groups in total. The third-order valence-corrected chi connectivity index (χ3v) is 12.1. The molecular formula is C16H8S7. The fraction of sp³-hybridized carbons (Fsp3) is 0. The van der Waals surface area contributed by atoms with Crippen LogP contribution in [0.15, 0.2) is 45.8 Å². The molecule has 0 unspecified atom stereocenters. The molecule has 0 saturated carbocycles. The third-order valence-electron chi connectivity index (χ3n) is 3.27. The van der Waals surface area contributed by atoms with E-state index in [4.69, 9.17) is 0 Å². The van der Waals surface area contributed by atoms with Gasteiger partial charge in [-0.15, -0.1) is 79.4 Å². The van der Waals surface area contributed by atoms with E-state index in [-0.39, 0.29) is 0 Å². The molecule has 5 heterocycles. The van der Waals surface area contributed by atoms with Crippen molar-refractivity contribution < 1.29 is 0 Å². The molecule has 0 nitrogen and oxygen atoms in total. The number of fused-ring (bicyclic) bond motifs is 1. The second kappa shape index (κ2) is 6.07. The van der Waals surface area contributed by atoms with Crippen LogP contribution in [0, 0.1) is 7.69 Å². The maximum atomic E-state index is 2.24. The van der Waals surface area contributed by atoms with E-state index in [1.807, 2.05) is 79.4 Å². The van der Waals surface area contributed by atoms with Gasteiger partial charge in [0.25, 0.3) is 0 Å². The molecule has 0 aromatic carbocycles. The fourth-order valence-corrected chi connectivity index (χ4v) is 10.6. The first-order valence-corrected chi connectivity index (χ1v) is 12.7. The highest BCUT2D eigenvalue weighted by Gasteiger charge is 2.17. The van der Waals surface area contributed by atoms with E-state index >= 15 is 0 Å². The Bertz CT molecular complexity index is 1060. The average molecular weight is 425 g/mol. The second-order valence-corrected chi connectivity index (χ2v) is 12.0. The fourth-order valence-electron chi connectivity index (χ4n) is 2.32. The Morgan fingerprint density at radius 2 is 1.04 bits per heavy atom. The van der Waals surface area contributed by atoms with Crippen LogP contribution in [0.2, 0.25) is 0 Å². The summed E-state index contributed by atoms with van der Waals surface area (Å²) in [7, 11) is 0. The molecule has 0 radical (unpaired) electrons. The van der Waals surface area contributed by atoms with Crippen LogP contribution >= 0.6 is 79.4 Å². The smallest absolute Gasteiger partial charge is 0.107 e. The van der Waals surface area contributed by atoms with Crippen molar-refractivity contribution in [1.82, 2.24) is 0 Å². The van der Waals surface area contributed by atoms with Crippen molar-refractivity contribution in [2.45, 2.75) is 0 Å². The van der Waals surface area contributed by atoms with Crippen molar-refractivity contribution in [1.29, 1.82) is 0 Å². The summed E-state index contributed by atoms with van der Waals surface area (Å²) in [4.78, 5) is 5.63. The summed E-state index contributed by atoms with van der Waals surface area (Å²) in [5.74, 6) is 0. The molecule has 2 aliphatic rings. The van der Waals surface area contributed by atoms with Crippen LogP contribution < -0.4 is 0 Å². The zero-order valence-electron chi connectivity index (χ0n) is 11.5. The number of thiophene rings is 3. The van der Waals surface area contributed by atoms with E-state index in [9.17, 15) is 0 Å². The standard InChI is InChI=1S/C16H8S7/c1-3-9(17-5-1)11-13-14(12(21-11)10-4-2-6-18-10)23-16-15(22-13)19-7-8-20-16/h1-8H. The van der Waals surface area contributed by atoms with Gasteiger partial charge in [-0.3, -0.25) is 0 Å². The van der Waals surface area contributed by atoms with Crippen molar-refractivity contribution in [2.75, 3.05) is 0 Å². The number of hydrogen-bond donors (Lipinski definition) is 0. The lowest BCUT2D eigenvalue weighted by Crippen LogP contribution is -1.67. The van der Waals surface area contributed by atoms with E-state index < -0.39 is 0 Å². The SMILES string of the molecule is c1csc(-c2sc(-c3cccs3)c3sc4sccsc=4sc23)c1. The zero-order valence-corrected chi connectivity index (χ0v) is 17.2. The molecule has 7 heteroatoms. The maximum Gasteiger partial charge on any atom is 0.107 e. The van der Waals surface area contributed by atoms with E-state index in [2.05, 4.69) is 45.8 Å². The molecule has 0 aliphatic carbocycles. The van der Waals surface area contributed by atoms with E-state index in [1.165, 1.54) is 36.6 Å². The molecule has 3 aromatic heterocycles. The average Bonchev–Trinajstić information content (AvgIpc) is 3.32. The predicted octanol–water partition coefficient (Wildman–Crippen LogP) is 8.45. The minimum atomic E-state index is 1.38. The van der Waals surface area contributed by atoms with Crippen molar-refractivity contribution >= 4 is 88.8 Å². The normalized spacial score (nSPS) is 11.5. The molecule has 0 amide bonds. The lowest BCUT2D eigenvalue weighted by atomic mass is 10.3. The highest BCUT2D eigenvalue weighted by molar-refractivity contribution is 7.41. The minimum absolute atomic E-state index is 1.38. The summed E-state index contributed by atoms with van der Waals surface area (Å²) < 4.78 is 5.77. The lowest BCUT2D eigenvalue weighted by molar-refractivity contribution is 2.00. The van der Waals surface area contributed by atoms with E-state index in [0.29, 0.717) is 0 Å². The van der Waals surface area contributed by atoms with Crippen LogP contribution in [0.5, 0.6) is 0 Å². The molecule has 114 valence electrons. The topological polar surface area (TPSA) is 0 Å². The third kappa shape index (κ3) is 2.55. The Kier molecular flexibility index (Phi) is 3.90. The van der Waals surface area contributed by atoms with Gasteiger partial charge < -0.3 is 0 Å². The molecule has 0 saturated heterocycles. The Morgan fingerprint density at radius 1 is 0.522 bits per heavy atom. The van der Waals surface area contributed by atoms with Gasteiger partial charge in [-0.25, -0.2) is 0 Å². The number of rotatable bonds is 2. The molecule has 0 fully saturated rings. The summed E-state index contributed by atoms with van der Waals surface area (Å²) in [6, 6.07) is 8.78. The van der Waals surface area contributed by atoms with E-state index in [0.717, 1.165) is 0 Å².